The first kappa shape index (κ1) is 32.1. The van der Waals surface area contributed by atoms with Gasteiger partial charge in [-0.05, 0) is 67.2 Å². The summed E-state index contributed by atoms with van der Waals surface area (Å²) in [6.45, 7) is 24.8. The van der Waals surface area contributed by atoms with Crippen LogP contribution >= 0.6 is 0 Å². The van der Waals surface area contributed by atoms with E-state index in [-0.39, 0.29) is 48.0 Å². The van der Waals surface area contributed by atoms with Crippen LogP contribution in [0.1, 0.15) is 92.9 Å². The molecule has 0 aliphatic rings. The van der Waals surface area contributed by atoms with E-state index in [1.807, 2.05) is 0 Å². The molecule has 0 aliphatic carbocycles. The molecule has 162 valence electrons. The normalized spacial score (nSPS) is 11.8. The lowest BCUT2D eigenvalue weighted by atomic mass is 10.1. The summed E-state index contributed by atoms with van der Waals surface area (Å²) in [6.07, 6.45) is 11.6. The first-order valence-corrected chi connectivity index (χ1v) is 11.3. The summed E-state index contributed by atoms with van der Waals surface area (Å²) in [4.78, 5) is 0. The summed E-state index contributed by atoms with van der Waals surface area (Å²) < 4.78 is 2.65. The standard InChI is InChI=1S/C22H50N2.2HI/c1-7-23(8-2,9-3)21-19-17-15-13-14-16-18-20-22-24(10-4,11-5)12-6;;/h7-22H2,1-6H3;2*1H/q+2;;/p-2. The first-order valence-electron chi connectivity index (χ1n) is 11.3. The average Bonchev–Trinajstić information content (AvgIpc) is 2.64. The van der Waals surface area contributed by atoms with Crippen LogP contribution in [0.2, 0.25) is 0 Å². The summed E-state index contributed by atoms with van der Waals surface area (Å²) in [5.41, 5.74) is 0. The van der Waals surface area contributed by atoms with E-state index in [0.717, 1.165) is 0 Å². The molecule has 0 saturated heterocycles. The van der Waals surface area contributed by atoms with Crippen LogP contribution in [0, 0.1) is 0 Å². The lowest BCUT2D eigenvalue weighted by Gasteiger charge is -2.36. The van der Waals surface area contributed by atoms with Crippen molar-refractivity contribution < 1.29 is 56.9 Å². The van der Waals surface area contributed by atoms with Crippen LogP contribution in [-0.4, -0.2) is 61.3 Å². The highest BCUT2D eigenvalue weighted by Crippen LogP contribution is 2.14. The third-order valence-corrected chi connectivity index (χ3v) is 7.04. The monoisotopic (exact) mass is 596 g/mol. The number of hydrogen-bond acceptors (Lipinski definition) is 0. The van der Waals surface area contributed by atoms with Crippen molar-refractivity contribution >= 4 is 0 Å². The lowest BCUT2D eigenvalue weighted by molar-refractivity contribution is -0.923. The Hall–Kier alpha value is 1.38. The highest BCUT2D eigenvalue weighted by Gasteiger charge is 2.20. The fourth-order valence-corrected chi connectivity index (χ4v) is 4.25. The van der Waals surface area contributed by atoms with Gasteiger partial charge in [0, 0.05) is 0 Å². The van der Waals surface area contributed by atoms with Gasteiger partial charge in [0.05, 0.1) is 52.4 Å². The van der Waals surface area contributed by atoms with E-state index in [9.17, 15) is 0 Å². The van der Waals surface area contributed by atoms with Crippen molar-refractivity contribution in [2.45, 2.75) is 92.9 Å². The van der Waals surface area contributed by atoms with Gasteiger partial charge in [-0.15, -0.1) is 0 Å². The van der Waals surface area contributed by atoms with E-state index >= 15 is 0 Å². The second kappa shape index (κ2) is 19.7. The van der Waals surface area contributed by atoms with E-state index in [1.165, 1.54) is 113 Å². The van der Waals surface area contributed by atoms with Crippen LogP contribution in [0.3, 0.4) is 0 Å². The number of halogens is 2. The molecule has 0 aromatic rings. The molecule has 0 bridgehead atoms. The lowest BCUT2D eigenvalue weighted by Crippen LogP contribution is -3.00. The van der Waals surface area contributed by atoms with Crippen molar-refractivity contribution in [3.63, 3.8) is 0 Å². The number of nitrogens with zero attached hydrogens (tertiary/aromatic N) is 2. The minimum atomic E-state index is 0. The van der Waals surface area contributed by atoms with Crippen molar-refractivity contribution in [1.82, 2.24) is 0 Å². The third kappa shape index (κ3) is 12.8. The van der Waals surface area contributed by atoms with Crippen molar-refractivity contribution in [1.29, 1.82) is 0 Å². The third-order valence-electron chi connectivity index (χ3n) is 7.04. The Balaban J connectivity index is -0.00000264. The van der Waals surface area contributed by atoms with Gasteiger partial charge < -0.3 is 56.9 Å². The van der Waals surface area contributed by atoms with Gasteiger partial charge in [0.15, 0.2) is 0 Å². The van der Waals surface area contributed by atoms with Gasteiger partial charge >= 0.3 is 0 Å². The van der Waals surface area contributed by atoms with E-state index < -0.39 is 0 Å². The Morgan fingerprint density at radius 3 is 0.731 bits per heavy atom. The van der Waals surface area contributed by atoms with Crippen LogP contribution in [-0.2, 0) is 0 Å². The second-order valence-electron chi connectivity index (χ2n) is 7.86. The second-order valence-corrected chi connectivity index (χ2v) is 7.86. The molecule has 2 nitrogen and oxygen atoms in total. The molecule has 0 unspecified atom stereocenters. The van der Waals surface area contributed by atoms with Crippen LogP contribution in [0.25, 0.3) is 0 Å². The quantitative estimate of drug-likeness (QED) is 0.125. The molecule has 0 aromatic heterocycles. The predicted octanol–water partition coefficient (Wildman–Crippen LogP) is -0.132. The molecule has 0 N–H and O–H groups in total. The SMILES string of the molecule is CC[N+](CC)(CC)CCCCCCCCCC[N+](CC)(CC)CC.[I-].[I-]. The van der Waals surface area contributed by atoms with Gasteiger partial charge in [-0.3, -0.25) is 0 Å². The van der Waals surface area contributed by atoms with Gasteiger partial charge in [0.2, 0.25) is 0 Å². The zero-order valence-corrected chi connectivity index (χ0v) is 23.3. The molecule has 0 fully saturated rings. The van der Waals surface area contributed by atoms with Crippen LogP contribution in [0.4, 0.5) is 0 Å². The van der Waals surface area contributed by atoms with Crippen LogP contribution in [0.15, 0.2) is 0 Å². The summed E-state index contributed by atoms with van der Waals surface area (Å²) in [7, 11) is 0. The Morgan fingerprint density at radius 1 is 0.346 bits per heavy atom. The molecular weight excluding hydrogens is 546 g/mol. The molecule has 0 saturated carbocycles. The fourth-order valence-electron chi connectivity index (χ4n) is 4.25. The molecule has 0 atom stereocenters. The summed E-state index contributed by atoms with van der Waals surface area (Å²) in [5.74, 6) is 0. The number of quaternary nitrogens is 2. The van der Waals surface area contributed by atoms with E-state index in [2.05, 4.69) is 41.5 Å². The smallest absolute Gasteiger partial charge is 0.0786 e. The van der Waals surface area contributed by atoms with Crippen LogP contribution < -0.4 is 48.0 Å². The van der Waals surface area contributed by atoms with Crippen molar-refractivity contribution in [2.75, 3.05) is 52.4 Å². The van der Waals surface area contributed by atoms with Gasteiger partial charge in [-0.25, -0.2) is 0 Å². The Kier molecular flexibility index (Phi) is 24.3. The van der Waals surface area contributed by atoms with Gasteiger partial charge in [0.25, 0.3) is 0 Å². The van der Waals surface area contributed by atoms with Crippen molar-refractivity contribution in [3.8, 4) is 0 Å². The molecule has 0 aromatic carbocycles. The zero-order valence-electron chi connectivity index (χ0n) is 19.0. The molecule has 0 amide bonds. The van der Waals surface area contributed by atoms with Crippen LogP contribution in [0.5, 0.6) is 0 Å². The van der Waals surface area contributed by atoms with E-state index in [1.54, 1.807) is 0 Å². The Bertz CT molecular complexity index is 233. The Morgan fingerprint density at radius 2 is 0.538 bits per heavy atom. The minimum Gasteiger partial charge on any atom is -1.00 e. The van der Waals surface area contributed by atoms with E-state index in [4.69, 9.17) is 0 Å². The number of hydrogen-bond donors (Lipinski definition) is 0. The molecule has 0 heterocycles. The Labute approximate surface area is 201 Å². The van der Waals surface area contributed by atoms with Crippen molar-refractivity contribution in [3.05, 3.63) is 0 Å². The highest BCUT2D eigenvalue weighted by molar-refractivity contribution is 4.49. The number of rotatable bonds is 17. The maximum Gasteiger partial charge on any atom is 0.0786 e. The number of unbranched alkanes of at least 4 members (excludes halogenated alkanes) is 7. The van der Waals surface area contributed by atoms with Gasteiger partial charge in [0.1, 0.15) is 0 Å². The minimum absolute atomic E-state index is 0. The zero-order chi connectivity index (χ0) is 18.3. The summed E-state index contributed by atoms with van der Waals surface area (Å²) >= 11 is 0. The average molecular weight is 596 g/mol. The molecule has 0 spiro atoms. The molecule has 0 radical (unpaired) electrons. The first-order chi connectivity index (χ1) is 11.6. The highest BCUT2D eigenvalue weighted by atomic mass is 127. The fraction of sp³-hybridized carbons (Fsp3) is 1.00. The molecule has 0 aliphatic heterocycles. The molecular formula is C22H50I2N2. The molecule has 0 rings (SSSR count). The van der Waals surface area contributed by atoms with Gasteiger partial charge in [-0.1, -0.05) is 25.7 Å². The van der Waals surface area contributed by atoms with Gasteiger partial charge in [-0.2, -0.15) is 0 Å². The summed E-state index contributed by atoms with van der Waals surface area (Å²) in [6, 6.07) is 0. The van der Waals surface area contributed by atoms with Crippen molar-refractivity contribution in [2.24, 2.45) is 0 Å². The maximum absolute atomic E-state index is 2.36. The predicted molar refractivity (Wildman–Crippen MR) is 110 cm³/mol. The molecule has 4 heteroatoms. The maximum atomic E-state index is 2.36. The topological polar surface area (TPSA) is 0 Å². The largest absolute Gasteiger partial charge is 1.00 e. The summed E-state index contributed by atoms with van der Waals surface area (Å²) in [5, 5.41) is 0. The molecule has 26 heavy (non-hydrogen) atoms. The van der Waals surface area contributed by atoms with E-state index in [0.29, 0.717) is 0 Å².